The second-order valence-corrected chi connectivity index (χ2v) is 11.1. The van der Waals surface area contributed by atoms with Crippen molar-refractivity contribution in [1.29, 1.82) is 0 Å². The van der Waals surface area contributed by atoms with Crippen LogP contribution in [0.25, 0.3) is 0 Å². The number of carboxylic acids is 2. The molecule has 2 aliphatic heterocycles. The topological polar surface area (TPSA) is 125 Å². The van der Waals surface area contributed by atoms with Crippen LogP contribution >= 0.6 is 11.6 Å². The molecule has 2 aromatic carbocycles. The molecule has 9 nitrogen and oxygen atoms in total. The number of carbonyl (C=O) groups excluding carboxylic acids is 1. The smallest absolute Gasteiger partial charge is 0.414 e. The minimum absolute atomic E-state index is 0.00846. The summed E-state index contributed by atoms with van der Waals surface area (Å²) < 4.78 is 11.0. The molecule has 0 saturated carbocycles. The Morgan fingerprint density at radius 1 is 1.03 bits per heavy atom. The van der Waals surface area contributed by atoms with Crippen molar-refractivity contribution in [2.24, 2.45) is 0 Å². The Kier molecular flexibility index (Phi) is 8.23. The van der Waals surface area contributed by atoms with Gasteiger partial charge in [0.1, 0.15) is 6.61 Å². The molecule has 0 radical (unpaired) electrons. The number of halogens is 1. The van der Waals surface area contributed by atoms with Crippen LogP contribution in [0.3, 0.4) is 0 Å². The molecule has 4 aliphatic rings. The van der Waals surface area contributed by atoms with E-state index in [1.165, 1.54) is 22.3 Å². The molecule has 3 N–H and O–H groups in total. The number of carboxylic acid groups (broad SMARTS) is 2. The monoisotopic (exact) mass is 556 g/mol. The number of likely N-dealkylation sites (tertiary alicyclic amines) is 1. The number of rotatable bonds is 6. The first kappa shape index (κ1) is 27.6. The molecule has 1 amide bonds. The number of ether oxygens (including phenoxy) is 2. The van der Waals surface area contributed by atoms with Crippen LogP contribution in [0, 0.1) is 0 Å². The normalized spacial score (nSPS) is 25.4. The molecular formula is C29H33ClN2O7. The van der Waals surface area contributed by atoms with E-state index in [4.69, 9.17) is 40.9 Å². The van der Waals surface area contributed by atoms with Crippen molar-refractivity contribution in [3.05, 3.63) is 69.7 Å². The summed E-state index contributed by atoms with van der Waals surface area (Å²) in [5.74, 6) is -3.17. The Labute approximate surface area is 232 Å². The van der Waals surface area contributed by atoms with E-state index in [-0.39, 0.29) is 30.1 Å². The molecule has 2 aromatic rings. The Bertz CT molecular complexity index is 1230. The minimum atomic E-state index is -1.82. The van der Waals surface area contributed by atoms with Gasteiger partial charge in [-0.15, -0.1) is 0 Å². The summed E-state index contributed by atoms with van der Waals surface area (Å²) in [6.07, 6.45) is 4.04. The first-order chi connectivity index (χ1) is 18.8. The number of carbonyl (C=O) groups is 3. The lowest BCUT2D eigenvalue weighted by atomic mass is 9.74. The zero-order valence-electron chi connectivity index (χ0n) is 21.6. The number of amides is 1. The fourth-order valence-electron chi connectivity index (χ4n) is 6.54. The largest absolute Gasteiger partial charge is 0.473 e. The van der Waals surface area contributed by atoms with E-state index in [9.17, 15) is 4.79 Å². The number of benzene rings is 2. The zero-order valence-corrected chi connectivity index (χ0v) is 22.4. The Morgan fingerprint density at radius 3 is 2.44 bits per heavy atom. The zero-order chi connectivity index (χ0) is 27.6. The molecule has 6 rings (SSSR count). The number of hydrogen-bond donors (Lipinski definition) is 3. The molecule has 3 atom stereocenters. The van der Waals surface area contributed by atoms with Crippen LogP contribution in [0.5, 0.6) is 0 Å². The van der Waals surface area contributed by atoms with Gasteiger partial charge in [-0.2, -0.15) is 0 Å². The van der Waals surface area contributed by atoms with Crippen LogP contribution in [0.2, 0.25) is 5.02 Å². The summed E-state index contributed by atoms with van der Waals surface area (Å²) in [5, 5.41) is 18.8. The molecular weight excluding hydrogens is 524 g/mol. The van der Waals surface area contributed by atoms with Crippen LogP contribution in [0.4, 0.5) is 0 Å². The van der Waals surface area contributed by atoms with Gasteiger partial charge in [-0.05, 0) is 60.1 Å². The van der Waals surface area contributed by atoms with Gasteiger partial charge < -0.3 is 29.9 Å². The average molecular weight is 557 g/mol. The summed E-state index contributed by atoms with van der Waals surface area (Å²) in [4.78, 5) is 33.1. The molecule has 2 bridgehead atoms. The van der Waals surface area contributed by atoms with Crippen molar-refractivity contribution < 1.29 is 34.1 Å². The molecule has 3 unspecified atom stereocenters. The maximum Gasteiger partial charge on any atom is 0.414 e. The average Bonchev–Trinajstić information content (AvgIpc) is 3.63. The first-order valence-corrected chi connectivity index (χ1v) is 13.7. The summed E-state index contributed by atoms with van der Waals surface area (Å²) in [7, 11) is 0. The van der Waals surface area contributed by atoms with Crippen LogP contribution in [0.1, 0.15) is 53.9 Å². The lowest BCUT2D eigenvalue weighted by molar-refractivity contribution is -0.159. The molecule has 0 aromatic heterocycles. The maximum absolute atomic E-state index is 12.3. The lowest BCUT2D eigenvalue weighted by Crippen LogP contribution is -2.49. The van der Waals surface area contributed by atoms with Crippen molar-refractivity contribution >= 4 is 29.4 Å². The molecule has 10 heteroatoms. The van der Waals surface area contributed by atoms with Crippen molar-refractivity contribution in [2.75, 3.05) is 39.5 Å². The maximum atomic E-state index is 12.3. The van der Waals surface area contributed by atoms with Gasteiger partial charge in [0.15, 0.2) is 0 Å². The SMILES string of the molecule is O=C(COC1CCOC1)NC1CCN(CC23CC(c4ccccc42)c2ccc(Cl)cc23)CC1.O=C(O)C(=O)O. The highest BCUT2D eigenvalue weighted by molar-refractivity contribution is 6.30. The third-order valence-corrected chi connectivity index (χ3v) is 8.51. The van der Waals surface area contributed by atoms with Gasteiger partial charge in [0.25, 0.3) is 0 Å². The Morgan fingerprint density at radius 2 is 1.74 bits per heavy atom. The number of piperidine rings is 1. The number of aliphatic carboxylic acids is 2. The van der Waals surface area contributed by atoms with E-state index in [0.717, 1.165) is 56.9 Å². The van der Waals surface area contributed by atoms with E-state index in [1.807, 2.05) is 6.07 Å². The Hall–Kier alpha value is -2.98. The van der Waals surface area contributed by atoms with Crippen LogP contribution in [0.15, 0.2) is 42.5 Å². The van der Waals surface area contributed by atoms with E-state index >= 15 is 0 Å². The van der Waals surface area contributed by atoms with E-state index in [0.29, 0.717) is 12.5 Å². The predicted octanol–water partition coefficient (Wildman–Crippen LogP) is 3.02. The van der Waals surface area contributed by atoms with Gasteiger partial charge in [-0.1, -0.05) is 41.9 Å². The van der Waals surface area contributed by atoms with E-state index < -0.39 is 11.9 Å². The third kappa shape index (κ3) is 5.82. The highest BCUT2D eigenvalue weighted by Gasteiger charge is 2.53. The summed E-state index contributed by atoms with van der Waals surface area (Å²) >= 11 is 6.46. The summed E-state index contributed by atoms with van der Waals surface area (Å²) in [5.41, 5.74) is 5.86. The first-order valence-electron chi connectivity index (χ1n) is 13.3. The molecule has 0 spiro atoms. The molecule has 208 valence electrons. The second kappa shape index (κ2) is 11.6. The predicted molar refractivity (Wildman–Crippen MR) is 143 cm³/mol. The summed E-state index contributed by atoms with van der Waals surface area (Å²) in [6, 6.07) is 15.7. The molecule has 2 saturated heterocycles. The van der Waals surface area contributed by atoms with Crippen LogP contribution < -0.4 is 5.32 Å². The second-order valence-electron chi connectivity index (χ2n) is 10.7. The third-order valence-electron chi connectivity index (χ3n) is 8.28. The van der Waals surface area contributed by atoms with Gasteiger partial charge in [-0.25, -0.2) is 9.59 Å². The van der Waals surface area contributed by atoms with Gasteiger partial charge in [0.05, 0.1) is 12.7 Å². The van der Waals surface area contributed by atoms with Crippen molar-refractivity contribution in [2.45, 2.75) is 49.2 Å². The molecule has 2 aliphatic carbocycles. The van der Waals surface area contributed by atoms with Gasteiger partial charge in [0.2, 0.25) is 5.91 Å². The highest BCUT2D eigenvalue weighted by Crippen LogP contribution is 2.60. The fourth-order valence-corrected chi connectivity index (χ4v) is 6.72. The molecule has 39 heavy (non-hydrogen) atoms. The van der Waals surface area contributed by atoms with Gasteiger partial charge in [-0.3, -0.25) is 4.79 Å². The quantitative estimate of drug-likeness (QED) is 0.464. The highest BCUT2D eigenvalue weighted by atomic mass is 35.5. The number of hydrogen-bond acceptors (Lipinski definition) is 6. The van der Waals surface area contributed by atoms with Crippen molar-refractivity contribution in [1.82, 2.24) is 10.2 Å². The summed E-state index contributed by atoms with van der Waals surface area (Å²) in [6.45, 7) is 4.46. The van der Waals surface area contributed by atoms with E-state index in [1.54, 1.807) is 0 Å². The van der Waals surface area contributed by atoms with E-state index in [2.05, 4.69) is 46.6 Å². The van der Waals surface area contributed by atoms with Crippen LogP contribution in [-0.2, 0) is 29.3 Å². The van der Waals surface area contributed by atoms with Crippen LogP contribution in [-0.4, -0.2) is 84.6 Å². The lowest BCUT2D eigenvalue weighted by Gasteiger charge is -2.40. The van der Waals surface area contributed by atoms with Gasteiger partial charge in [0, 0.05) is 48.6 Å². The number of nitrogens with zero attached hydrogens (tertiary/aromatic N) is 1. The van der Waals surface area contributed by atoms with Gasteiger partial charge >= 0.3 is 11.9 Å². The molecule has 2 fully saturated rings. The molecule has 2 heterocycles. The number of fused-ring (bicyclic) bond motifs is 8. The number of nitrogens with one attached hydrogen (secondary N) is 1. The minimum Gasteiger partial charge on any atom is -0.473 e. The van der Waals surface area contributed by atoms with Crippen molar-refractivity contribution in [3.8, 4) is 0 Å². The fraction of sp³-hybridized carbons (Fsp3) is 0.483. The van der Waals surface area contributed by atoms with Crippen molar-refractivity contribution in [3.63, 3.8) is 0 Å². The standard InChI is InChI=1S/C27H31ClN2O3.C2H2O4/c28-18-5-6-22-23-14-27(25(22)13-18,24-4-2-1-3-21(23)24)17-30-10-7-19(8-11-30)29-26(31)16-33-20-9-12-32-15-20;3-1(4)2(5)6/h1-6,13,19-20,23H,7-12,14-17H2,(H,29,31);(H,3,4)(H,5,6). The Balaban J connectivity index is 0.000000465.